The molecule has 8 heteroatoms. The summed E-state index contributed by atoms with van der Waals surface area (Å²) in [6.45, 7) is 3.67. The van der Waals surface area contributed by atoms with Gasteiger partial charge in [-0.2, -0.15) is 18.2 Å². The van der Waals surface area contributed by atoms with Crippen LogP contribution >= 0.6 is 11.6 Å². The lowest BCUT2D eigenvalue weighted by Gasteiger charge is -2.22. The van der Waals surface area contributed by atoms with Crippen LogP contribution in [0.15, 0.2) is 24.3 Å². The Bertz CT molecular complexity index is 772. The lowest BCUT2D eigenvalue weighted by molar-refractivity contribution is -0.137. The van der Waals surface area contributed by atoms with Crippen LogP contribution in [0.3, 0.4) is 0 Å². The number of aryl methyl sites for hydroxylation is 1. The van der Waals surface area contributed by atoms with Crippen LogP contribution in [0, 0.1) is 6.92 Å². The molecule has 140 valence electrons. The Morgan fingerprint density at radius 2 is 1.73 bits per heavy atom. The molecular formula is C18H20ClF3N4. The van der Waals surface area contributed by atoms with E-state index in [0.717, 1.165) is 49.6 Å². The Kier molecular flexibility index (Phi) is 5.55. The highest BCUT2D eigenvalue weighted by molar-refractivity contribution is 6.33. The van der Waals surface area contributed by atoms with E-state index >= 15 is 0 Å². The molecule has 1 aliphatic rings. The fourth-order valence-electron chi connectivity index (χ4n) is 2.99. The van der Waals surface area contributed by atoms with E-state index in [-0.39, 0.29) is 16.7 Å². The first-order valence-corrected chi connectivity index (χ1v) is 8.95. The largest absolute Gasteiger partial charge is 0.416 e. The molecule has 0 bridgehead atoms. The maximum absolute atomic E-state index is 12.9. The number of anilines is 3. The summed E-state index contributed by atoms with van der Waals surface area (Å²) in [6.07, 6.45) is 0.166. The molecular weight excluding hydrogens is 365 g/mol. The molecule has 0 unspecified atom stereocenters. The van der Waals surface area contributed by atoms with E-state index < -0.39 is 11.7 Å². The van der Waals surface area contributed by atoms with Crippen molar-refractivity contribution in [3.05, 3.63) is 40.5 Å². The fourth-order valence-corrected chi connectivity index (χ4v) is 3.15. The van der Waals surface area contributed by atoms with Gasteiger partial charge in [-0.15, -0.1) is 0 Å². The van der Waals surface area contributed by atoms with Crippen LogP contribution in [-0.4, -0.2) is 23.1 Å². The third kappa shape index (κ3) is 4.58. The highest BCUT2D eigenvalue weighted by Crippen LogP contribution is 2.34. The minimum Gasteiger partial charge on any atom is -0.356 e. The second-order valence-corrected chi connectivity index (χ2v) is 6.82. The van der Waals surface area contributed by atoms with Crippen LogP contribution in [0.4, 0.5) is 30.6 Å². The average molecular weight is 385 g/mol. The second kappa shape index (κ2) is 7.70. The first-order chi connectivity index (χ1) is 12.3. The van der Waals surface area contributed by atoms with Crippen LogP contribution in [0.25, 0.3) is 0 Å². The Morgan fingerprint density at radius 3 is 2.38 bits per heavy atom. The zero-order valence-electron chi connectivity index (χ0n) is 14.4. The van der Waals surface area contributed by atoms with E-state index in [1.54, 1.807) is 0 Å². The summed E-state index contributed by atoms with van der Waals surface area (Å²) >= 11 is 6.05. The van der Waals surface area contributed by atoms with E-state index in [4.69, 9.17) is 11.6 Å². The van der Waals surface area contributed by atoms with Gasteiger partial charge in [0.25, 0.3) is 0 Å². The Labute approximate surface area is 155 Å². The van der Waals surface area contributed by atoms with Gasteiger partial charge in [0.1, 0.15) is 5.82 Å². The zero-order chi connectivity index (χ0) is 18.7. The summed E-state index contributed by atoms with van der Waals surface area (Å²) in [5.74, 6) is 1.02. The number of hydrogen-bond acceptors (Lipinski definition) is 4. The van der Waals surface area contributed by atoms with Crippen molar-refractivity contribution in [2.75, 3.05) is 23.3 Å². The molecule has 0 atom stereocenters. The first kappa shape index (κ1) is 18.8. The zero-order valence-corrected chi connectivity index (χ0v) is 15.2. The van der Waals surface area contributed by atoms with E-state index in [9.17, 15) is 13.2 Å². The molecule has 2 heterocycles. The molecule has 2 aromatic rings. The highest BCUT2D eigenvalue weighted by Gasteiger charge is 2.31. The van der Waals surface area contributed by atoms with Crippen LogP contribution in [-0.2, 0) is 6.18 Å². The van der Waals surface area contributed by atoms with Gasteiger partial charge in [-0.25, -0.2) is 4.98 Å². The fraction of sp³-hybridized carbons (Fsp3) is 0.444. The van der Waals surface area contributed by atoms with Crippen LogP contribution < -0.4 is 10.2 Å². The predicted molar refractivity (Wildman–Crippen MR) is 97.2 cm³/mol. The summed E-state index contributed by atoms with van der Waals surface area (Å²) in [5, 5.41) is 3.02. The van der Waals surface area contributed by atoms with Gasteiger partial charge in [0.15, 0.2) is 0 Å². The maximum Gasteiger partial charge on any atom is 0.416 e. The summed E-state index contributed by atoms with van der Waals surface area (Å²) in [5.41, 5.74) is 0.101. The van der Waals surface area contributed by atoms with Gasteiger partial charge in [0.2, 0.25) is 5.95 Å². The van der Waals surface area contributed by atoms with Crippen molar-refractivity contribution >= 4 is 29.1 Å². The number of rotatable bonds is 3. The van der Waals surface area contributed by atoms with Crippen molar-refractivity contribution in [3.8, 4) is 0 Å². The molecule has 0 radical (unpaired) electrons. The first-order valence-electron chi connectivity index (χ1n) is 8.57. The third-order valence-corrected chi connectivity index (χ3v) is 4.64. The molecule has 1 fully saturated rings. The van der Waals surface area contributed by atoms with Crippen LogP contribution in [0.5, 0.6) is 0 Å². The number of hydrogen-bond donors (Lipinski definition) is 1. The van der Waals surface area contributed by atoms with Gasteiger partial charge in [0, 0.05) is 24.8 Å². The smallest absolute Gasteiger partial charge is 0.356 e. The number of nitrogens with one attached hydrogen (secondary N) is 1. The van der Waals surface area contributed by atoms with Crippen LogP contribution in [0.2, 0.25) is 5.02 Å². The monoisotopic (exact) mass is 384 g/mol. The molecule has 4 nitrogen and oxygen atoms in total. The van der Waals surface area contributed by atoms with Gasteiger partial charge in [-0.3, -0.25) is 0 Å². The van der Waals surface area contributed by atoms with E-state index in [1.165, 1.54) is 18.9 Å². The van der Waals surface area contributed by atoms with E-state index in [1.807, 2.05) is 13.0 Å². The minimum atomic E-state index is -4.44. The number of aromatic nitrogens is 2. The Morgan fingerprint density at radius 1 is 1.04 bits per heavy atom. The molecule has 0 aliphatic carbocycles. The van der Waals surface area contributed by atoms with Crippen molar-refractivity contribution in [1.82, 2.24) is 9.97 Å². The molecule has 3 rings (SSSR count). The summed E-state index contributed by atoms with van der Waals surface area (Å²) in [6, 6.07) is 5.04. The van der Waals surface area contributed by atoms with E-state index in [0.29, 0.717) is 0 Å². The standard InChI is InChI=1S/C18H20ClF3N4/c1-12-10-16(26-8-4-2-3-5-9-26)25-17(23-12)24-15-11-13(18(20,21)22)6-7-14(15)19/h6-7,10-11H,2-5,8-9H2,1H3,(H,23,24,25). The number of halogens is 4. The summed E-state index contributed by atoms with van der Waals surface area (Å²) in [7, 11) is 0. The van der Waals surface area contributed by atoms with Crippen molar-refractivity contribution in [2.45, 2.75) is 38.8 Å². The van der Waals surface area contributed by atoms with Gasteiger partial charge < -0.3 is 10.2 Å². The molecule has 1 aromatic heterocycles. The molecule has 1 N–H and O–H groups in total. The van der Waals surface area contributed by atoms with Crippen molar-refractivity contribution in [2.24, 2.45) is 0 Å². The van der Waals surface area contributed by atoms with Gasteiger partial charge in [-0.1, -0.05) is 24.4 Å². The van der Waals surface area contributed by atoms with Crippen molar-refractivity contribution in [1.29, 1.82) is 0 Å². The molecule has 1 saturated heterocycles. The molecule has 0 spiro atoms. The minimum absolute atomic E-state index is 0.133. The Hall–Kier alpha value is -2.02. The average Bonchev–Trinajstić information content (AvgIpc) is 2.84. The summed E-state index contributed by atoms with van der Waals surface area (Å²) < 4.78 is 38.8. The lowest BCUT2D eigenvalue weighted by atomic mass is 10.2. The van der Waals surface area contributed by atoms with Crippen molar-refractivity contribution in [3.63, 3.8) is 0 Å². The topological polar surface area (TPSA) is 41.1 Å². The highest BCUT2D eigenvalue weighted by atomic mass is 35.5. The molecule has 1 aliphatic heterocycles. The quantitative estimate of drug-likeness (QED) is 0.749. The predicted octanol–water partition coefficient (Wildman–Crippen LogP) is 5.58. The van der Waals surface area contributed by atoms with E-state index in [2.05, 4.69) is 20.2 Å². The Balaban J connectivity index is 1.88. The third-order valence-electron chi connectivity index (χ3n) is 4.31. The van der Waals surface area contributed by atoms with Gasteiger partial charge >= 0.3 is 6.18 Å². The molecule has 26 heavy (non-hydrogen) atoms. The number of benzene rings is 1. The maximum atomic E-state index is 12.9. The SMILES string of the molecule is Cc1cc(N2CCCCCC2)nc(Nc2cc(C(F)(F)F)ccc2Cl)n1. The van der Waals surface area contributed by atoms with Gasteiger partial charge in [-0.05, 0) is 38.0 Å². The van der Waals surface area contributed by atoms with Crippen LogP contribution in [0.1, 0.15) is 36.9 Å². The number of nitrogens with zero attached hydrogens (tertiary/aromatic N) is 3. The number of alkyl halides is 3. The molecule has 0 saturated carbocycles. The lowest BCUT2D eigenvalue weighted by Crippen LogP contribution is -2.25. The van der Waals surface area contributed by atoms with Gasteiger partial charge in [0.05, 0.1) is 16.3 Å². The molecule has 0 amide bonds. The normalized spacial score (nSPS) is 15.7. The second-order valence-electron chi connectivity index (χ2n) is 6.41. The summed E-state index contributed by atoms with van der Waals surface area (Å²) in [4.78, 5) is 11.0. The van der Waals surface area contributed by atoms with Crippen molar-refractivity contribution < 1.29 is 13.2 Å². The molecule has 1 aromatic carbocycles.